The zero-order chi connectivity index (χ0) is 19.2. The van der Waals surface area contributed by atoms with Crippen LogP contribution in [0.15, 0.2) is 59.0 Å². The number of allylic oxidation sites excluding steroid dienone is 1. The van der Waals surface area contributed by atoms with E-state index < -0.39 is 4.92 Å². The van der Waals surface area contributed by atoms with Crippen molar-refractivity contribution < 1.29 is 18.9 Å². The molecule has 2 heterocycles. The Hall–Kier alpha value is -3.19. The Morgan fingerprint density at radius 2 is 1.96 bits per heavy atom. The molecule has 0 radical (unpaired) electrons. The number of nitro groups is 1. The van der Waals surface area contributed by atoms with E-state index in [9.17, 15) is 14.9 Å². The van der Waals surface area contributed by atoms with Gasteiger partial charge in [-0.3, -0.25) is 14.9 Å². The fourth-order valence-electron chi connectivity index (χ4n) is 2.32. The van der Waals surface area contributed by atoms with Crippen molar-refractivity contribution in [3.05, 3.63) is 86.0 Å². The van der Waals surface area contributed by atoms with Gasteiger partial charge in [0.2, 0.25) is 0 Å². The Morgan fingerprint density at radius 3 is 2.63 bits per heavy atom. The Morgan fingerprint density at radius 1 is 1.19 bits per heavy atom. The van der Waals surface area contributed by atoms with Crippen LogP contribution in [0.4, 0.5) is 5.69 Å². The highest BCUT2D eigenvalue weighted by atomic mass is 32.1. The van der Waals surface area contributed by atoms with E-state index in [0.717, 1.165) is 6.42 Å². The number of furan rings is 1. The van der Waals surface area contributed by atoms with Crippen molar-refractivity contribution in [3.8, 4) is 5.75 Å². The molecule has 0 amide bonds. The fourth-order valence-corrected chi connectivity index (χ4v) is 3.19. The monoisotopic (exact) mass is 383 g/mol. The summed E-state index contributed by atoms with van der Waals surface area (Å²) < 4.78 is 11.2. The quantitative estimate of drug-likeness (QED) is 0.228. The molecule has 0 spiro atoms. The standard InChI is InChI=1S/C20H17NO5S/c1-2-18-10-12-20(27-18)19(22)11-9-16-7-8-17(26-16)13-25-15-5-3-14(4-6-15)21(23)24/h3-12H,2,13H2,1H3/b11-9+. The average molecular weight is 383 g/mol. The lowest BCUT2D eigenvalue weighted by Gasteiger charge is -2.03. The lowest BCUT2D eigenvalue weighted by atomic mass is 10.2. The van der Waals surface area contributed by atoms with E-state index in [0.29, 0.717) is 22.1 Å². The molecule has 0 aliphatic carbocycles. The Bertz CT molecular complexity index is 968. The summed E-state index contributed by atoms with van der Waals surface area (Å²) >= 11 is 1.50. The molecule has 0 atom stereocenters. The zero-order valence-electron chi connectivity index (χ0n) is 14.6. The minimum atomic E-state index is -0.463. The van der Waals surface area contributed by atoms with Gasteiger partial charge >= 0.3 is 0 Å². The second-order valence-corrected chi connectivity index (χ2v) is 6.83. The predicted molar refractivity (Wildman–Crippen MR) is 103 cm³/mol. The molecule has 7 heteroatoms. The third-order valence-corrected chi connectivity index (χ3v) is 5.01. The molecular formula is C20H17NO5S. The minimum Gasteiger partial charge on any atom is -0.486 e. The molecule has 0 unspecified atom stereocenters. The lowest BCUT2D eigenvalue weighted by molar-refractivity contribution is -0.384. The number of carbonyl (C=O) groups excluding carboxylic acids is 1. The molecule has 0 aliphatic heterocycles. The van der Waals surface area contributed by atoms with Gasteiger partial charge in [-0.15, -0.1) is 11.3 Å². The first-order valence-corrected chi connectivity index (χ1v) is 9.14. The van der Waals surface area contributed by atoms with Crippen LogP contribution in [0.3, 0.4) is 0 Å². The first-order valence-electron chi connectivity index (χ1n) is 8.32. The second-order valence-electron chi connectivity index (χ2n) is 5.66. The van der Waals surface area contributed by atoms with Crippen LogP contribution in [0.25, 0.3) is 6.08 Å². The highest BCUT2D eigenvalue weighted by molar-refractivity contribution is 7.14. The van der Waals surface area contributed by atoms with Crippen LogP contribution in [-0.4, -0.2) is 10.7 Å². The maximum Gasteiger partial charge on any atom is 0.269 e. The molecule has 2 aromatic heterocycles. The van der Waals surface area contributed by atoms with Gasteiger partial charge in [-0.25, -0.2) is 0 Å². The normalized spacial score (nSPS) is 11.0. The number of non-ortho nitro benzene ring substituents is 1. The molecule has 0 saturated heterocycles. The maximum atomic E-state index is 12.1. The van der Waals surface area contributed by atoms with Crippen molar-refractivity contribution in [2.45, 2.75) is 20.0 Å². The zero-order valence-corrected chi connectivity index (χ0v) is 15.4. The molecule has 0 aliphatic rings. The molecule has 0 bridgehead atoms. The van der Waals surface area contributed by atoms with E-state index in [2.05, 4.69) is 6.92 Å². The summed E-state index contributed by atoms with van der Waals surface area (Å²) in [5.74, 6) is 1.59. The summed E-state index contributed by atoms with van der Waals surface area (Å²) in [6.07, 6.45) is 4.03. The van der Waals surface area contributed by atoms with E-state index in [4.69, 9.17) is 9.15 Å². The summed E-state index contributed by atoms with van der Waals surface area (Å²) in [5, 5.41) is 10.6. The van der Waals surface area contributed by atoms with Crippen LogP contribution in [0, 0.1) is 10.1 Å². The van der Waals surface area contributed by atoms with E-state index in [1.54, 1.807) is 18.2 Å². The van der Waals surface area contributed by atoms with Gasteiger partial charge in [0.1, 0.15) is 23.9 Å². The largest absolute Gasteiger partial charge is 0.486 e. The number of ketones is 1. The summed E-state index contributed by atoms with van der Waals surface area (Å²) in [5.41, 5.74) is 0.00855. The molecule has 0 saturated carbocycles. The lowest BCUT2D eigenvalue weighted by Crippen LogP contribution is -1.94. The van der Waals surface area contributed by atoms with Crippen molar-refractivity contribution in [1.82, 2.24) is 0 Å². The molecule has 3 rings (SSSR count). The average Bonchev–Trinajstić information content (AvgIpc) is 3.34. The fraction of sp³-hybridized carbons (Fsp3) is 0.150. The van der Waals surface area contributed by atoms with E-state index in [-0.39, 0.29) is 18.1 Å². The summed E-state index contributed by atoms with van der Waals surface area (Å²) in [4.78, 5) is 24.2. The van der Waals surface area contributed by atoms with Gasteiger partial charge in [-0.2, -0.15) is 0 Å². The van der Waals surface area contributed by atoms with Gasteiger partial charge in [-0.05, 0) is 55.0 Å². The van der Waals surface area contributed by atoms with Crippen molar-refractivity contribution in [2.75, 3.05) is 0 Å². The SMILES string of the molecule is CCc1ccc(C(=O)/C=C/c2ccc(COc3ccc([N+](=O)[O-])cc3)o2)s1. The van der Waals surface area contributed by atoms with Crippen LogP contribution in [0.2, 0.25) is 0 Å². The number of ether oxygens (including phenoxy) is 1. The topological polar surface area (TPSA) is 82.6 Å². The molecule has 1 aromatic carbocycles. The van der Waals surface area contributed by atoms with E-state index in [1.807, 2.05) is 12.1 Å². The van der Waals surface area contributed by atoms with Gasteiger partial charge < -0.3 is 9.15 Å². The predicted octanol–water partition coefficient (Wildman–Crippen LogP) is 5.29. The molecule has 0 N–H and O–H groups in total. The first kappa shape index (κ1) is 18.6. The number of benzene rings is 1. The van der Waals surface area contributed by atoms with E-state index in [1.165, 1.54) is 46.6 Å². The van der Waals surface area contributed by atoms with Gasteiger partial charge in [0.15, 0.2) is 5.78 Å². The first-order chi connectivity index (χ1) is 13.0. The highest BCUT2D eigenvalue weighted by Crippen LogP contribution is 2.20. The van der Waals surface area contributed by atoms with Crippen LogP contribution < -0.4 is 4.74 Å². The molecule has 6 nitrogen and oxygen atoms in total. The Labute approximate surface area is 159 Å². The third-order valence-electron chi connectivity index (χ3n) is 3.76. The molecule has 0 fully saturated rings. The number of nitro benzene ring substituents is 1. The minimum absolute atomic E-state index is 0.00855. The molecule has 3 aromatic rings. The number of nitrogens with zero attached hydrogens (tertiary/aromatic N) is 1. The van der Waals surface area contributed by atoms with Crippen LogP contribution in [0.5, 0.6) is 5.75 Å². The molecule has 138 valence electrons. The Kier molecular flexibility index (Phi) is 5.83. The number of rotatable bonds is 8. The Balaban J connectivity index is 1.56. The van der Waals surface area contributed by atoms with Gasteiger partial charge in [-0.1, -0.05) is 6.92 Å². The van der Waals surface area contributed by atoms with Crippen molar-refractivity contribution in [1.29, 1.82) is 0 Å². The van der Waals surface area contributed by atoms with Crippen LogP contribution >= 0.6 is 11.3 Å². The summed E-state index contributed by atoms with van der Waals surface area (Å²) in [6, 6.07) is 13.1. The number of carbonyl (C=O) groups is 1. The molecular weight excluding hydrogens is 366 g/mol. The van der Waals surface area contributed by atoms with Crippen LogP contribution in [-0.2, 0) is 13.0 Å². The maximum absolute atomic E-state index is 12.1. The van der Waals surface area contributed by atoms with Crippen molar-refractivity contribution in [3.63, 3.8) is 0 Å². The van der Waals surface area contributed by atoms with Gasteiger partial charge in [0.05, 0.1) is 9.80 Å². The van der Waals surface area contributed by atoms with Gasteiger partial charge in [0, 0.05) is 17.0 Å². The number of hydrogen-bond donors (Lipinski definition) is 0. The molecule has 27 heavy (non-hydrogen) atoms. The third kappa shape index (κ3) is 4.92. The summed E-state index contributed by atoms with van der Waals surface area (Å²) in [6.45, 7) is 2.24. The summed E-state index contributed by atoms with van der Waals surface area (Å²) in [7, 11) is 0. The highest BCUT2D eigenvalue weighted by Gasteiger charge is 2.07. The number of hydrogen-bond acceptors (Lipinski definition) is 6. The van der Waals surface area contributed by atoms with Crippen LogP contribution in [0.1, 0.15) is 33.0 Å². The number of thiophene rings is 1. The van der Waals surface area contributed by atoms with Crippen molar-refractivity contribution in [2.24, 2.45) is 0 Å². The second kappa shape index (κ2) is 8.46. The van der Waals surface area contributed by atoms with Gasteiger partial charge in [0.25, 0.3) is 5.69 Å². The van der Waals surface area contributed by atoms with E-state index >= 15 is 0 Å². The smallest absolute Gasteiger partial charge is 0.269 e. The number of aryl methyl sites for hydroxylation is 1. The van der Waals surface area contributed by atoms with Crippen molar-refractivity contribution >= 4 is 28.9 Å².